The molecule has 0 atom stereocenters. The Bertz CT molecular complexity index is 835. The maximum atomic E-state index is 6.04. The highest BCUT2D eigenvalue weighted by Crippen LogP contribution is 2.22. The van der Waals surface area contributed by atoms with Crippen LogP contribution >= 0.6 is 23.2 Å². The summed E-state index contributed by atoms with van der Waals surface area (Å²) in [6.45, 7) is 5.54. The summed E-state index contributed by atoms with van der Waals surface area (Å²) in [5, 5.41) is 5.21. The van der Waals surface area contributed by atoms with Crippen LogP contribution < -0.4 is 15.2 Å². The lowest BCUT2D eigenvalue weighted by Gasteiger charge is -2.30. The molecule has 2 saturated heterocycles. The summed E-state index contributed by atoms with van der Waals surface area (Å²) in [6.07, 6.45) is 1.63. The van der Waals surface area contributed by atoms with E-state index >= 15 is 0 Å². The highest BCUT2D eigenvalue weighted by Gasteiger charge is 2.20. The fourth-order valence-electron chi connectivity index (χ4n) is 2.97. The molecule has 154 valence electrons. The van der Waals surface area contributed by atoms with Gasteiger partial charge in [-0.25, -0.2) is 5.43 Å². The number of anilines is 3. The Morgan fingerprint density at radius 2 is 1.45 bits per heavy atom. The molecule has 9 nitrogen and oxygen atoms in total. The van der Waals surface area contributed by atoms with Gasteiger partial charge in [0.2, 0.25) is 17.8 Å². The van der Waals surface area contributed by atoms with Gasteiger partial charge in [-0.3, -0.25) is 0 Å². The summed E-state index contributed by atoms with van der Waals surface area (Å²) in [5.41, 5.74) is 3.71. The summed E-state index contributed by atoms with van der Waals surface area (Å²) >= 11 is 12.0. The topological polar surface area (TPSA) is 88.0 Å². The highest BCUT2D eigenvalue weighted by atomic mass is 35.5. The van der Waals surface area contributed by atoms with Gasteiger partial charge in [-0.1, -0.05) is 29.3 Å². The van der Waals surface area contributed by atoms with Crippen molar-refractivity contribution in [1.29, 1.82) is 0 Å². The number of rotatable bonds is 5. The molecule has 2 aromatic rings. The zero-order chi connectivity index (χ0) is 20.1. The van der Waals surface area contributed by atoms with Gasteiger partial charge in [-0.2, -0.15) is 20.1 Å². The molecule has 0 aliphatic carbocycles. The van der Waals surface area contributed by atoms with Crippen molar-refractivity contribution in [2.45, 2.75) is 0 Å². The second-order valence-corrected chi connectivity index (χ2v) is 7.32. The molecule has 0 unspecified atom stereocenters. The van der Waals surface area contributed by atoms with Gasteiger partial charge in [0.15, 0.2) is 0 Å². The molecule has 0 bridgehead atoms. The van der Waals surface area contributed by atoms with Crippen LogP contribution in [0.1, 0.15) is 5.56 Å². The molecule has 3 heterocycles. The van der Waals surface area contributed by atoms with Crippen LogP contribution in [0.4, 0.5) is 17.8 Å². The lowest BCUT2D eigenvalue weighted by Crippen LogP contribution is -2.40. The molecular weight excluding hydrogens is 417 g/mol. The third kappa shape index (κ3) is 5.24. The average molecular weight is 438 g/mol. The van der Waals surface area contributed by atoms with Crippen molar-refractivity contribution in [1.82, 2.24) is 15.0 Å². The van der Waals surface area contributed by atoms with Gasteiger partial charge in [-0.05, 0) is 17.7 Å². The van der Waals surface area contributed by atoms with E-state index in [4.69, 9.17) is 32.7 Å². The highest BCUT2D eigenvalue weighted by molar-refractivity contribution is 6.42. The van der Waals surface area contributed by atoms with Crippen LogP contribution in [0, 0.1) is 0 Å². The van der Waals surface area contributed by atoms with Gasteiger partial charge in [-0.15, -0.1) is 0 Å². The van der Waals surface area contributed by atoms with Crippen molar-refractivity contribution in [2.24, 2.45) is 5.10 Å². The van der Waals surface area contributed by atoms with Crippen molar-refractivity contribution in [3.63, 3.8) is 0 Å². The first-order chi connectivity index (χ1) is 14.2. The van der Waals surface area contributed by atoms with E-state index in [-0.39, 0.29) is 0 Å². The molecule has 2 fully saturated rings. The van der Waals surface area contributed by atoms with E-state index in [0.717, 1.165) is 31.7 Å². The fraction of sp³-hybridized carbons (Fsp3) is 0.444. The molecule has 1 N–H and O–H groups in total. The van der Waals surface area contributed by atoms with E-state index in [2.05, 4.69) is 35.3 Å². The lowest BCUT2D eigenvalue weighted by atomic mass is 10.2. The smallest absolute Gasteiger partial charge is 0.250 e. The number of nitrogens with zero attached hydrogens (tertiary/aromatic N) is 6. The van der Waals surface area contributed by atoms with Gasteiger partial charge in [0.25, 0.3) is 0 Å². The number of ether oxygens (including phenoxy) is 2. The molecule has 0 amide bonds. The van der Waals surface area contributed by atoms with E-state index in [1.807, 2.05) is 6.07 Å². The number of hydrogen-bond acceptors (Lipinski definition) is 9. The standard InChI is InChI=1S/C18H21Cl2N7O2/c19-14-2-1-13(11-15(14)20)12-21-25-16-22-17(26-3-7-28-8-4-26)24-18(23-16)27-5-9-29-10-6-27/h1-2,11-12H,3-10H2,(H,22,23,24,25)/b21-12+. The van der Waals surface area contributed by atoms with Gasteiger partial charge in [0, 0.05) is 26.2 Å². The first-order valence-corrected chi connectivity index (χ1v) is 10.1. The third-order valence-corrected chi connectivity index (χ3v) is 5.26. The SMILES string of the molecule is Clc1ccc(/C=N/Nc2nc(N3CCOCC3)nc(N3CCOCC3)n2)cc1Cl. The minimum Gasteiger partial charge on any atom is -0.378 e. The lowest BCUT2D eigenvalue weighted by molar-refractivity contribution is 0.121. The molecule has 1 aromatic heterocycles. The normalized spacial score (nSPS) is 17.7. The van der Waals surface area contributed by atoms with Crippen LogP contribution in [0.25, 0.3) is 0 Å². The number of aromatic nitrogens is 3. The molecule has 4 rings (SSSR count). The quantitative estimate of drug-likeness (QED) is 0.562. The maximum Gasteiger partial charge on any atom is 0.250 e. The maximum absolute atomic E-state index is 6.04. The Morgan fingerprint density at radius 1 is 0.862 bits per heavy atom. The Hall–Kier alpha value is -2.20. The van der Waals surface area contributed by atoms with Crippen LogP contribution in [0.2, 0.25) is 10.0 Å². The van der Waals surface area contributed by atoms with Crippen molar-refractivity contribution < 1.29 is 9.47 Å². The second-order valence-electron chi connectivity index (χ2n) is 6.50. The largest absolute Gasteiger partial charge is 0.378 e. The fourth-order valence-corrected chi connectivity index (χ4v) is 3.28. The molecule has 0 radical (unpaired) electrons. The van der Waals surface area contributed by atoms with E-state index in [0.29, 0.717) is 54.3 Å². The molecule has 2 aliphatic rings. The van der Waals surface area contributed by atoms with Crippen molar-refractivity contribution in [3.8, 4) is 0 Å². The number of halogens is 2. The molecule has 0 saturated carbocycles. The van der Waals surface area contributed by atoms with E-state index in [9.17, 15) is 0 Å². The summed E-state index contributed by atoms with van der Waals surface area (Å²) in [5.74, 6) is 1.59. The summed E-state index contributed by atoms with van der Waals surface area (Å²) in [7, 11) is 0. The molecule has 0 spiro atoms. The van der Waals surface area contributed by atoms with Crippen molar-refractivity contribution in [3.05, 3.63) is 33.8 Å². The van der Waals surface area contributed by atoms with Crippen LogP contribution in [0.5, 0.6) is 0 Å². The minimum atomic E-state index is 0.374. The molecule has 11 heteroatoms. The summed E-state index contributed by atoms with van der Waals surface area (Å²) in [6, 6.07) is 5.28. The summed E-state index contributed by atoms with van der Waals surface area (Å²) < 4.78 is 10.9. The molecule has 29 heavy (non-hydrogen) atoms. The number of hydrazone groups is 1. The number of hydrogen-bond donors (Lipinski definition) is 1. The average Bonchev–Trinajstić information content (AvgIpc) is 2.77. The second kappa shape index (κ2) is 9.53. The van der Waals surface area contributed by atoms with Gasteiger partial charge < -0.3 is 19.3 Å². The third-order valence-electron chi connectivity index (χ3n) is 4.52. The predicted octanol–water partition coefficient (Wildman–Crippen LogP) is 2.30. The molecular formula is C18H21Cl2N7O2. The molecule has 2 aliphatic heterocycles. The van der Waals surface area contributed by atoms with Gasteiger partial charge in [0.05, 0.1) is 42.7 Å². The number of morpholine rings is 2. The Kier molecular flexibility index (Phi) is 6.60. The first kappa shape index (κ1) is 20.1. The van der Waals surface area contributed by atoms with Crippen molar-refractivity contribution >= 4 is 47.3 Å². The van der Waals surface area contributed by atoms with Gasteiger partial charge >= 0.3 is 0 Å². The Labute approximate surface area is 178 Å². The van der Waals surface area contributed by atoms with E-state index in [1.54, 1.807) is 18.3 Å². The van der Waals surface area contributed by atoms with Crippen LogP contribution in [-0.2, 0) is 9.47 Å². The van der Waals surface area contributed by atoms with Crippen molar-refractivity contribution in [2.75, 3.05) is 67.8 Å². The zero-order valence-electron chi connectivity index (χ0n) is 15.7. The zero-order valence-corrected chi connectivity index (χ0v) is 17.2. The van der Waals surface area contributed by atoms with Crippen LogP contribution in [0.15, 0.2) is 23.3 Å². The van der Waals surface area contributed by atoms with Gasteiger partial charge in [0.1, 0.15) is 0 Å². The first-order valence-electron chi connectivity index (χ1n) is 9.34. The number of benzene rings is 1. The van der Waals surface area contributed by atoms with Crippen LogP contribution in [-0.4, -0.2) is 73.8 Å². The monoisotopic (exact) mass is 437 g/mol. The Balaban J connectivity index is 1.55. The molecule has 1 aromatic carbocycles. The van der Waals surface area contributed by atoms with Crippen LogP contribution in [0.3, 0.4) is 0 Å². The van der Waals surface area contributed by atoms with E-state index < -0.39 is 0 Å². The number of nitrogens with one attached hydrogen (secondary N) is 1. The van der Waals surface area contributed by atoms with E-state index in [1.165, 1.54) is 0 Å². The summed E-state index contributed by atoms with van der Waals surface area (Å²) in [4.78, 5) is 17.9. The predicted molar refractivity (Wildman–Crippen MR) is 114 cm³/mol. The Morgan fingerprint density at radius 3 is 2.00 bits per heavy atom. The minimum absolute atomic E-state index is 0.374.